The zero-order chi connectivity index (χ0) is 19.3. The van der Waals surface area contributed by atoms with E-state index in [2.05, 4.69) is 25.4 Å². The van der Waals surface area contributed by atoms with Gasteiger partial charge in [0.05, 0.1) is 6.04 Å². The molecule has 0 aliphatic carbocycles. The Balaban J connectivity index is 1.63. The zero-order valence-electron chi connectivity index (χ0n) is 14.7. The van der Waals surface area contributed by atoms with E-state index in [0.29, 0.717) is 0 Å². The van der Waals surface area contributed by atoms with Gasteiger partial charge in [-0.25, -0.2) is 9.97 Å². The summed E-state index contributed by atoms with van der Waals surface area (Å²) in [4.78, 5) is 24.7. The van der Waals surface area contributed by atoms with Crippen LogP contribution < -0.4 is 5.32 Å². The molecule has 0 atom stereocenters. The Bertz CT molecular complexity index is 1030. The third kappa shape index (κ3) is 3.56. The van der Waals surface area contributed by atoms with Crippen molar-refractivity contribution in [3.63, 3.8) is 0 Å². The maximum Gasteiger partial charge on any atom is 0.259 e. The van der Waals surface area contributed by atoms with Gasteiger partial charge in [-0.15, -0.1) is 0 Å². The van der Waals surface area contributed by atoms with Crippen LogP contribution in [0.1, 0.15) is 27.5 Å². The molecule has 0 spiro atoms. The van der Waals surface area contributed by atoms with E-state index in [4.69, 9.17) is 0 Å². The van der Waals surface area contributed by atoms with Gasteiger partial charge in [0.1, 0.15) is 18.2 Å². The number of carbonyl (C=O) groups excluding carboxylic acids is 1. The minimum absolute atomic E-state index is 0.0271. The molecular weight excluding hydrogens is 356 g/mol. The molecule has 2 aromatic heterocycles. The number of nitrogens with zero attached hydrogens (tertiary/aromatic N) is 5. The van der Waals surface area contributed by atoms with Crippen LogP contribution in [-0.4, -0.2) is 35.7 Å². The molecule has 4 rings (SSSR count). The number of carbonyl (C=O) groups is 1. The average Bonchev–Trinajstić information content (AvgIpc) is 3.28. The number of benzene rings is 2. The molecule has 0 aliphatic heterocycles. The van der Waals surface area contributed by atoms with Gasteiger partial charge in [0, 0.05) is 6.20 Å². The van der Waals surface area contributed by atoms with E-state index in [1.54, 1.807) is 0 Å². The van der Waals surface area contributed by atoms with E-state index < -0.39 is 11.8 Å². The van der Waals surface area contributed by atoms with Crippen LogP contribution in [0, 0.1) is 0 Å². The van der Waals surface area contributed by atoms with E-state index in [1.165, 1.54) is 23.5 Å². The van der Waals surface area contributed by atoms with Crippen molar-refractivity contribution in [2.45, 2.75) is 6.04 Å². The third-order valence-electron chi connectivity index (χ3n) is 4.17. The first-order valence-corrected chi connectivity index (χ1v) is 8.54. The largest absolute Gasteiger partial charge is 0.493 e. The Labute approximate surface area is 160 Å². The monoisotopic (exact) mass is 372 g/mol. The van der Waals surface area contributed by atoms with Crippen LogP contribution in [0.2, 0.25) is 0 Å². The van der Waals surface area contributed by atoms with E-state index in [9.17, 15) is 9.90 Å². The van der Waals surface area contributed by atoms with Crippen molar-refractivity contribution >= 4 is 5.91 Å². The maximum absolute atomic E-state index is 12.8. The fourth-order valence-corrected chi connectivity index (χ4v) is 2.80. The number of aromatic nitrogens is 5. The molecule has 0 saturated heterocycles. The lowest BCUT2D eigenvalue weighted by molar-refractivity contribution is 0.0939. The Hall–Kier alpha value is -4.07. The molecule has 2 N–H and O–H groups in total. The minimum atomic E-state index is -0.486. The van der Waals surface area contributed by atoms with Crippen LogP contribution in [0.3, 0.4) is 0 Å². The van der Waals surface area contributed by atoms with Crippen LogP contribution in [0.4, 0.5) is 0 Å². The van der Waals surface area contributed by atoms with Gasteiger partial charge in [0.25, 0.3) is 11.9 Å². The quantitative estimate of drug-likeness (QED) is 0.557. The molecule has 0 aliphatic rings. The fraction of sp³-hybridized carbons (Fsp3) is 0.0500. The molecule has 28 heavy (non-hydrogen) atoms. The van der Waals surface area contributed by atoms with Crippen molar-refractivity contribution in [2.24, 2.45) is 0 Å². The van der Waals surface area contributed by atoms with E-state index in [1.807, 2.05) is 60.7 Å². The molecule has 2 aromatic carbocycles. The Kier molecular flexibility index (Phi) is 4.75. The summed E-state index contributed by atoms with van der Waals surface area (Å²) in [5.41, 5.74) is 1.81. The second-order valence-corrected chi connectivity index (χ2v) is 5.98. The summed E-state index contributed by atoms with van der Waals surface area (Å²) in [7, 11) is 0. The second-order valence-electron chi connectivity index (χ2n) is 5.98. The molecule has 0 radical (unpaired) electrons. The number of hydrogen-bond donors (Lipinski definition) is 2. The first kappa shape index (κ1) is 17.3. The van der Waals surface area contributed by atoms with Gasteiger partial charge >= 0.3 is 0 Å². The lowest BCUT2D eigenvalue weighted by atomic mass is 9.98. The average molecular weight is 372 g/mol. The standard InChI is InChI=1S/C20H16N6O2/c27-18(16-11-22-20(25-19(16)28)26-13-21-12-23-26)24-17(14-7-3-1-4-8-14)15-9-5-2-6-10-15/h1-13,17H,(H,24,27)(H,22,25,28). The predicted molar refractivity (Wildman–Crippen MR) is 101 cm³/mol. The predicted octanol–water partition coefficient (Wildman–Crippen LogP) is 2.28. The molecule has 4 aromatic rings. The van der Waals surface area contributed by atoms with Gasteiger partial charge < -0.3 is 10.4 Å². The van der Waals surface area contributed by atoms with Crippen LogP contribution in [0.25, 0.3) is 5.95 Å². The molecule has 8 nitrogen and oxygen atoms in total. The topological polar surface area (TPSA) is 106 Å². The minimum Gasteiger partial charge on any atom is -0.493 e. The number of rotatable bonds is 5. The molecule has 0 bridgehead atoms. The summed E-state index contributed by atoms with van der Waals surface area (Å²) in [5.74, 6) is -0.799. The molecule has 0 saturated carbocycles. The summed E-state index contributed by atoms with van der Waals surface area (Å²) < 4.78 is 1.29. The van der Waals surface area contributed by atoms with E-state index in [0.717, 1.165) is 11.1 Å². The third-order valence-corrected chi connectivity index (χ3v) is 4.17. The van der Waals surface area contributed by atoms with Crippen LogP contribution in [-0.2, 0) is 0 Å². The summed E-state index contributed by atoms with van der Waals surface area (Å²) >= 11 is 0. The van der Waals surface area contributed by atoms with Crippen molar-refractivity contribution in [1.29, 1.82) is 0 Å². The summed E-state index contributed by atoms with van der Waals surface area (Å²) in [5, 5.41) is 17.1. The van der Waals surface area contributed by atoms with Gasteiger partial charge in [0.15, 0.2) is 0 Å². The Morgan fingerprint density at radius 1 is 1.00 bits per heavy atom. The maximum atomic E-state index is 12.8. The molecule has 2 heterocycles. The van der Waals surface area contributed by atoms with Crippen molar-refractivity contribution in [3.05, 3.63) is 96.2 Å². The van der Waals surface area contributed by atoms with Crippen molar-refractivity contribution in [3.8, 4) is 11.8 Å². The smallest absolute Gasteiger partial charge is 0.259 e. The highest BCUT2D eigenvalue weighted by molar-refractivity contribution is 5.96. The van der Waals surface area contributed by atoms with Gasteiger partial charge in [-0.05, 0) is 11.1 Å². The van der Waals surface area contributed by atoms with Gasteiger partial charge in [-0.3, -0.25) is 4.79 Å². The highest BCUT2D eigenvalue weighted by Crippen LogP contribution is 2.23. The van der Waals surface area contributed by atoms with Crippen molar-refractivity contribution in [2.75, 3.05) is 0 Å². The van der Waals surface area contributed by atoms with E-state index in [-0.39, 0.29) is 17.6 Å². The summed E-state index contributed by atoms with van der Waals surface area (Å²) in [6.07, 6.45) is 3.99. The van der Waals surface area contributed by atoms with Gasteiger partial charge in [-0.2, -0.15) is 14.8 Å². The van der Waals surface area contributed by atoms with Gasteiger partial charge in [0.2, 0.25) is 5.88 Å². The van der Waals surface area contributed by atoms with Crippen molar-refractivity contribution < 1.29 is 9.90 Å². The van der Waals surface area contributed by atoms with Crippen LogP contribution >= 0.6 is 0 Å². The molecule has 1 amide bonds. The summed E-state index contributed by atoms with van der Waals surface area (Å²) in [6, 6.07) is 18.8. The second kappa shape index (κ2) is 7.67. The Morgan fingerprint density at radius 2 is 1.64 bits per heavy atom. The number of nitrogens with one attached hydrogen (secondary N) is 1. The molecule has 8 heteroatoms. The van der Waals surface area contributed by atoms with E-state index >= 15 is 0 Å². The van der Waals surface area contributed by atoms with Gasteiger partial charge in [-0.1, -0.05) is 60.7 Å². The normalized spacial score (nSPS) is 10.8. The number of hydrogen-bond acceptors (Lipinski definition) is 6. The first-order chi connectivity index (χ1) is 13.7. The Morgan fingerprint density at radius 3 is 2.18 bits per heavy atom. The molecule has 138 valence electrons. The first-order valence-electron chi connectivity index (χ1n) is 8.54. The SMILES string of the molecule is O=C(NC(c1ccccc1)c1ccccc1)c1cnc(-n2cncn2)nc1O. The molecule has 0 fully saturated rings. The highest BCUT2D eigenvalue weighted by atomic mass is 16.3. The van der Waals surface area contributed by atoms with Crippen molar-refractivity contribution in [1.82, 2.24) is 30.0 Å². The molecular formula is C20H16N6O2. The number of amides is 1. The summed E-state index contributed by atoms with van der Waals surface area (Å²) in [6.45, 7) is 0. The number of aromatic hydroxyl groups is 1. The lowest BCUT2D eigenvalue weighted by Gasteiger charge is -2.20. The lowest BCUT2D eigenvalue weighted by Crippen LogP contribution is -2.29. The fourth-order valence-electron chi connectivity index (χ4n) is 2.80. The molecule has 0 unspecified atom stereocenters. The highest BCUT2D eigenvalue weighted by Gasteiger charge is 2.21. The van der Waals surface area contributed by atoms with Crippen LogP contribution in [0.15, 0.2) is 79.5 Å². The van der Waals surface area contributed by atoms with Crippen LogP contribution in [0.5, 0.6) is 5.88 Å². The zero-order valence-corrected chi connectivity index (χ0v) is 14.7.